The number of hydrogen-bond acceptors (Lipinski definition) is 7. The summed E-state index contributed by atoms with van der Waals surface area (Å²) in [5.41, 5.74) is 2.89. The summed E-state index contributed by atoms with van der Waals surface area (Å²) in [5, 5.41) is 28.0. The van der Waals surface area contributed by atoms with Crippen LogP contribution in [-0.2, 0) is 6.61 Å². The van der Waals surface area contributed by atoms with Crippen LogP contribution >= 0.6 is 0 Å². The number of rotatable bonds is 3. The number of hydrogen-bond donors (Lipinski definition) is 4. The number of aromatic nitrogens is 2. The Kier molecular flexibility index (Phi) is 6.70. The van der Waals surface area contributed by atoms with Crippen molar-refractivity contribution in [2.45, 2.75) is 19.4 Å². The van der Waals surface area contributed by atoms with E-state index in [-0.39, 0.29) is 18.3 Å². The van der Waals surface area contributed by atoms with Gasteiger partial charge >= 0.3 is 0 Å². The molecular formula is C24H24N6O3. The summed E-state index contributed by atoms with van der Waals surface area (Å²) in [5.74, 6) is 0.472. The largest absolute Gasteiger partial charge is 0.493 e. The minimum absolute atomic E-state index is 0.0978. The van der Waals surface area contributed by atoms with Crippen LogP contribution in [0.3, 0.4) is 0 Å². The molecule has 4 N–H and O–H groups in total. The zero-order valence-electron chi connectivity index (χ0n) is 17.9. The second-order valence-corrected chi connectivity index (χ2v) is 7.50. The number of benzene rings is 1. The molecule has 0 aliphatic carbocycles. The monoisotopic (exact) mass is 444 g/mol. The number of nitrogens with zero attached hydrogens (tertiary/aromatic N) is 3. The minimum atomic E-state index is -0.385. The number of carbonyl (C=O) groups excluding carboxylic acids is 1. The number of nitrogens with one attached hydrogen (secondary N) is 3. The van der Waals surface area contributed by atoms with E-state index in [1.54, 1.807) is 42.6 Å². The first-order chi connectivity index (χ1) is 16.1. The number of anilines is 1. The van der Waals surface area contributed by atoms with Crippen LogP contribution in [0.25, 0.3) is 11.1 Å². The van der Waals surface area contributed by atoms with Crippen molar-refractivity contribution in [2.24, 2.45) is 0 Å². The fraction of sp³-hybridized carbons (Fsp3) is 0.208. The van der Waals surface area contributed by atoms with Crippen molar-refractivity contribution in [1.29, 1.82) is 10.8 Å². The highest BCUT2D eigenvalue weighted by Crippen LogP contribution is 2.28. The molecule has 1 aliphatic rings. The number of aliphatic hydroxyl groups is 1. The highest BCUT2D eigenvalue weighted by Gasteiger charge is 2.18. The highest BCUT2D eigenvalue weighted by atomic mass is 16.5. The van der Waals surface area contributed by atoms with Gasteiger partial charge in [-0.2, -0.15) is 0 Å². The fourth-order valence-corrected chi connectivity index (χ4v) is 3.48. The SMILES string of the molecule is N=CN1CCCCOc2ccc(-c3ccc(CO)nc3)cc2C(=O)Nc2cccc(n2)C1=N. The maximum atomic E-state index is 13.2. The van der Waals surface area contributed by atoms with Gasteiger partial charge in [-0.3, -0.25) is 20.6 Å². The average Bonchev–Trinajstić information content (AvgIpc) is 2.85. The maximum Gasteiger partial charge on any atom is 0.260 e. The zero-order chi connectivity index (χ0) is 23.2. The molecule has 0 saturated carbocycles. The first kappa shape index (κ1) is 22.1. The van der Waals surface area contributed by atoms with Crippen LogP contribution in [-0.4, -0.2) is 51.2 Å². The van der Waals surface area contributed by atoms with Crippen LogP contribution in [0.15, 0.2) is 54.7 Å². The lowest BCUT2D eigenvalue weighted by atomic mass is 10.0. The van der Waals surface area contributed by atoms with Gasteiger partial charge in [-0.05, 0) is 48.7 Å². The number of amides is 1. The number of aliphatic hydroxyl groups excluding tert-OH is 1. The number of amidine groups is 1. The smallest absolute Gasteiger partial charge is 0.260 e. The summed E-state index contributed by atoms with van der Waals surface area (Å²) < 4.78 is 5.92. The standard InChI is InChI=1S/C24H24N6O3/c25-15-30-10-1-2-11-33-21-9-7-16(17-6-8-18(14-31)27-13-17)12-19(21)24(32)29-22-5-3-4-20(28-22)23(30)26/h3-9,12-13,15,25-26,31H,1-2,10-11,14H2,(H,28,29,32). The summed E-state index contributed by atoms with van der Waals surface area (Å²) in [6.45, 7) is 0.753. The molecule has 1 aliphatic heterocycles. The zero-order valence-corrected chi connectivity index (χ0v) is 17.9. The molecular weight excluding hydrogens is 420 g/mol. The fourth-order valence-electron chi connectivity index (χ4n) is 3.48. The third-order valence-corrected chi connectivity index (χ3v) is 5.27. The highest BCUT2D eigenvalue weighted by molar-refractivity contribution is 6.07. The molecule has 0 fully saturated rings. The number of ether oxygens (including phenoxy) is 1. The summed E-state index contributed by atoms with van der Waals surface area (Å²) >= 11 is 0. The molecule has 9 heteroatoms. The Bertz CT molecular complexity index is 1180. The molecule has 2 aromatic heterocycles. The molecule has 4 rings (SSSR count). The molecule has 33 heavy (non-hydrogen) atoms. The van der Waals surface area contributed by atoms with E-state index in [1.807, 2.05) is 12.1 Å². The van der Waals surface area contributed by atoms with Crippen LogP contribution in [0.4, 0.5) is 5.82 Å². The molecule has 0 spiro atoms. The lowest BCUT2D eigenvalue weighted by Crippen LogP contribution is -2.31. The molecule has 0 saturated heterocycles. The van der Waals surface area contributed by atoms with E-state index in [2.05, 4.69) is 15.3 Å². The number of pyridine rings is 2. The van der Waals surface area contributed by atoms with Crippen molar-refractivity contribution in [3.05, 3.63) is 71.7 Å². The van der Waals surface area contributed by atoms with E-state index in [4.69, 9.17) is 15.6 Å². The van der Waals surface area contributed by atoms with E-state index in [0.29, 0.717) is 54.5 Å². The first-order valence-electron chi connectivity index (χ1n) is 10.6. The van der Waals surface area contributed by atoms with Gasteiger partial charge in [0, 0.05) is 18.3 Å². The van der Waals surface area contributed by atoms with Crippen LogP contribution in [0.1, 0.15) is 34.6 Å². The molecule has 3 heterocycles. The van der Waals surface area contributed by atoms with Crippen molar-refractivity contribution in [1.82, 2.24) is 14.9 Å². The molecule has 0 atom stereocenters. The molecule has 168 valence electrons. The van der Waals surface area contributed by atoms with Crippen LogP contribution in [0.5, 0.6) is 5.75 Å². The van der Waals surface area contributed by atoms with Gasteiger partial charge in [-0.25, -0.2) is 4.98 Å². The van der Waals surface area contributed by atoms with Crippen LogP contribution < -0.4 is 10.1 Å². The lowest BCUT2D eigenvalue weighted by molar-refractivity contribution is 0.102. The molecule has 9 nitrogen and oxygen atoms in total. The Labute approximate surface area is 191 Å². The molecule has 2 bridgehead atoms. The van der Waals surface area contributed by atoms with E-state index < -0.39 is 0 Å². The second kappa shape index (κ2) is 10.0. The van der Waals surface area contributed by atoms with Gasteiger partial charge in [0.2, 0.25) is 0 Å². The van der Waals surface area contributed by atoms with E-state index in [9.17, 15) is 9.90 Å². The van der Waals surface area contributed by atoms with E-state index in [0.717, 1.165) is 17.5 Å². The van der Waals surface area contributed by atoms with Gasteiger partial charge in [-0.1, -0.05) is 18.2 Å². The number of carbonyl (C=O) groups is 1. The summed E-state index contributed by atoms with van der Waals surface area (Å²) in [7, 11) is 0. The Morgan fingerprint density at radius 2 is 2.00 bits per heavy atom. The predicted molar refractivity (Wildman–Crippen MR) is 125 cm³/mol. The predicted octanol–water partition coefficient (Wildman–Crippen LogP) is 3.30. The van der Waals surface area contributed by atoms with Gasteiger partial charge < -0.3 is 20.1 Å². The van der Waals surface area contributed by atoms with Gasteiger partial charge in [0.1, 0.15) is 17.3 Å². The molecule has 0 radical (unpaired) electrons. The van der Waals surface area contributed by atoms with Crippen molar-refractivity contribution in [3.8, 4) is 16.9 Å². The van der Waals surface area contributed by atoms with E-state index >= 15 is 0 Å². The Balaban J connectivity index is 1.70. The average molecular weight is 444 g/mol. The Morgan fingerprint density at radius 1 is 1.15 bits per heavy atom. The molecule has 1 amide bonds. The number of fused-ring (bicyclic) bond motifs is 3. The lowest BCUT2D eigenvalue weighted by Gasteiger charge is -2.20. The first-order valence-corrected chi connectivity index (χ1v) is 10.6. The van der Waals surface area contributed by atoms with Crippen molar-refractivity contribution >= 4 is 23.9 Å². The minimum Gasteiger partial charge on any atom is -0.493 e. The summed E-state index contributed by atoms with van der Waals surface area (Å²) in [6, 6.07) is 14.0. The Morgan fingerprint density at radius 3 is 2.76 bits per heavy atom. The quantitative estimate of drug-likeness (QED) is 0.362. The third kappa shape index (κ3) is 5.04. The van der Waals surface area contributed by atoms with Crippen molar-refractivity contribution < 1.29 is 14.6 Å². The molecule has 3 aromatic rings. The van der Waals surface area contributed by atoms with Crippen molar-refractivity contribution in [3.63, 3.8) is 0 Å². The van der Waals surface area contributed by atoms with Gasteiger partial charge in [0.15, 0.2) is 5.84 Å². The van der Waals surface area contributed by atoms with Gasteiger partial charge in [0.25, 0.3) is 5.91 Å². The maximum absolute atomic E-state index is 13.2. The van der Waals surface area contributed by atoms with E-state index in [1.165, 1.54) is 4.90 Å². The normalized spacial score (nSPS) is 14.5. The summed E-state index contributed by atoms with van der Waals surface area (Å²) in [4.78, 5) is 23.3. The second-order valence-electron chi connectivity index (χ2n) is 7.50. The third-order valence-electron chi connectivity index (χ3n) is 5.27. The van der Waals surface area contributed by atoms with Crippen molar-refractivity contribution in [2.75, 3.05) is 18.5 Å². The van der Waals surface area contributed by atoms with Crippen LogP contribution in [0, 0.1) is 10.8 Å². The summed E-state index contributed by atoms with van der Waals surface area (Å²) in [6.07, 6.45) is 4.17. The molecule has 0 unspecified atom stereocenters. The van der Waals surface area contributed by atoms with Crippen LogP contribution in [0.2, 0.25) is 0 Å². The topological polar surface area (TPSA) is 135 Å². The van der Waals surface area contributed by atoms with Gasteiger partial charge in [-0.15, -0.1) is 0 Å². The molecule has 1 aromatic carbocycles. The van der Waals surface area contributed by atoms with Gasteiger partial charge in [0.05, 0.1) is 30.8 Å². The Hall–Kier alpha value is -4.11.